The van der Waals surface area contributed by atoms with E-state index in [9.17, 15) is 0 Å². The summed E-state index contributed by atoms with van der Waals surface area (Å²) in [5.41, 5.74) is 4.02. The predicted molar refractivity (Wildman–Crippen MR) is 89.3 cm³/mol. The standard InChI is InChI=1S/C17H19BrOS/c1-4-11-7-8-20-16(11)15(18)12-5-6-14-13(9-12)10-17(2,3)19-14/h5-9,15H,4,10H2,1-3H3. The Bertz CT molecular complexity index is 630. The number of benzene rings is 1. The van der Waals surface area contributed by atoms with Crippen LogP contribution in [0.1, 0.15) is 47.2 Å². The van der Waals surface area contributed by atoms with Gasteiger partial charge < -0.3 is 4.74 Å². The fourth-order valence-electron chi connectivity index (χ4n) is 2.80. The molecule has 1 atom stereocenters. The van der Waals surface area contributed by atoms with Crippen LogP contribution in [-0.2, 0) is 12.8 Å². The first-order valence-corrected chi connectivity index (χ1v) is 8.82. The summed E-state index contributed by atoms with van der Waals surface area (Å²) in [5.74, 6) is 1.04. The van der Waals surface area contributed by atoms with E-state index in [0.29, 0.717) is 0 Å². The number of ether oxygens (including phenoxy) is 1. The van der Waals surface area contributed by atoms with Gasteiger partial charge in [-0.05, 0) is 54.5 Å². The molecule has 0 aliphatic carbocycles. The normalized spacial score (nSPS) is 17.6. The van der Waals surface area contributed by atoms with Crippen LogP contribution in [0.5, 0.6) is 5.75 Å². The van der Waals surface area contributed by atoms with E-state index in [-0.39, 0.29) is 10.4 Å². The molecule has 2 heterocycles. The maximum atomic E-state index is 5.95. The highest BCUT2D eigenvalue weighted by atomic mass is 79.9. The Labute approximate surface area is 133 Å². The maximum Gasteiger partial charge on any atom is 0.123 e. The van der Waals surface area contributed by atoms with Gasteiger partial charge in [-0.3, -0.25) is 0 Å². The van der Waals surface area contributed by atoms with Gasteiger partial charge in [0.15, 0.2) is 0 Å². The average Bonchev–Trinajstić information content (AvgIpc) is 2.98. The van der Waals surface area contributed by atoms with Crippen molar-refractivity contribution in [3.63, 3.8) is 0 Å². The molecule has 3 rings (SSSR count). The first-order chi connectivity index (χ1) is 9.50. The van der Waals surface area contributed by atoms with Crippen molar-refractivity contribution in [2.75, 3.05) is 0 Å². The number of aryl methyl sites for hydroxylation is 1. The van der Waals surface area contributed by atoms with Crippen LogP contribution in [0.4, 0.5) is 0 Å². The van der Waals surface area contributed by atoms with Crippen molar-refractivity contribution >= 4 is 27.3 Å². The Morgan fingerprint density at radius 3 is 2.90 bits per heavy atom. The summed E-state index contributed by atoms with van der Waals surface area (Å²) in [5, 5.41) is 2.18. The van der Waals surface area contributed by atoms with E-state index in [4.69, 9.17) is 4.74 Å². The molecule has 0 N–H and O–H groups in total. The lowest BCUT2D eigenvalue weighted by Gasteiger charge is -2.16. The fourth-order valence-corrected chi connectivity index (χ4v) is 4.70. The van der Waals surface area contributed by atoms with Gasteiger partial charge in [0.1, 0.15) is 11.4 Å². The zero-order valence-electron chi connectivity index (χ0n) is 12.1. The monoisotopic (exact) mass is 350 g/mol. The maximum absolute atomic E-state index is 5.95. The van der Waals surface area contributed by atoms with Gasteiger partial charge in [0.05, 0.1) is 4.83 Å². The minimum atomic E-state index is -0.0692. The molecule has 2 aromatic rings. The molecule has 3 heteroatoms. The zero-order chi connectivity index (χ0) is 14.3. The minimum absolute atomic E-state index is 0.0692. The molecule has 1 aromatic carbocycles. The third kappa shape index (κ3) is 2.53. The molecule has 0 saturated carbocycles. The van der Waals surface area contributed by atoms with Gasteiger partial charge in [-0.15, -0.1) is 11.3 Å². The van der Waals surface area contributed by atoms with E-state index in [2.05, 4.69) is 66.3 Å². The van der Waals surface area contributed by atoms with Crippen molar-refractivity contribution in [2.45, 2.75) is 44.0 Å². The van der Waals surface area contributed by atoms with Gasteiger partial charge in [-0.2, -0.15) is 0 Å². The quantitative estimate of drug-likeness (QED) is 0.663. The molecular formula is C17H19BrOS. The molecule has 1 aromatic heterocycles. The van der Waals surface area contributed by atoms with Crippen LogP contribution < -0.4 is 4.74 Å². The minimum Gasteiger partial charge on any atom is -0.487 e. The van der Waals surface area contributed by atoms with E-state index >= 15 is 0 Å². The second-order valence-electron chi connectivity index (χ2n) is 5.93. The van der Waals surface area contributed by atoms with Crippen LogP contribution in [0.25, 0.3) is 0 Å². The van der Waals surface area contributed by atoms with Crippen LogP contribution >= 0.6 is 27.3 Å². The molecule has 0 amide bonds. The summed E-state index contributed by atoms with van der Waals surface area (Å²) in [4.78, 5) is 1.71. The van der Waals surface area contributed by atoms with Gasteiger partial charge in [-0.1, -0.05) is 35.0 Å². The van der Waals surface area contributed by atoms with Gasteiger partial charge in [0.2, 0.25) is 0 Å². The average molecular weight is 351 g/mol. The van der Waals surface area contributed by atoms with Crippen molar-refractivity contribution in [1.29, 1.82) is 0 Å². The van der Waals surface area contributed by atoms with E-state index in [1.165, 1.54) is 21.6 Å². The van der Waals surface area contributed by atoms with Gasteiger partial charge >= 0.3 is 0 Å². The topological polar surface area (TPSA) is 9.23 Å². The lowest BCUT2D eigenvalue weighted by atomic mass is 9.98. The number of fused-ring (bicyclic) bond motifs is 1. The van der Waals surface area contributed by atoms with Crippen LogP contribution in [0.2, 0.25) is 0 Å². The SMILES string of the molecule is CCc1ccsc1C(Br)c1ccc2c(c1)CC(C)(C)O2. The van der Waals surface area contributed by atoms with Crippen molar-refractivity contribution in [1.82, 2.24) is 0 Å². The molecule has 1 aliphatic heterocycles. The molecule has 1 unspecified atom stereocenters. The molecule has 0 saturated heterocycles. The molecule has 0 spiro atoms. The Morgan fingerprint density at radius 2 is 2.15 bits per heavy atom. The van der Waals surface area contributed by atoms with Gasteiger partial charge in [-0.25, -0.2) is 0 Å². The van der Waals surface area contributed by atoms with E-state index in [1.807, 2.05) is 11.3 Å². The lowest BCUT2D eigenvalue weighted by Crippen LogP contribution is -2.24. The van der Waals surface area contributed by atoms with E-state index in [1.54, 1.807) is 0 Å². The Kier molecular flexibility index (Phi) is 3.67. The number of halogens is 1. The number of hydrogen-bond donors (Lipinski definition) is 0. The first-order valence-electron chi connectivity index (χ1n) is 7.02. The fraction of sp³-hybridized carbons (Fsp3) is 0.412. The molecule has 1 nitrogen and oxygen atoms in total. The van der Waals surface area contributed by atoms with E-state index in [0.717, 1.165) is 18.6 Å². The largest absolute Gasteiger partial charge is 0.487 e. The summed E-state index contributed by atoms with van der Waals surface area (Å²) in [6.07, 6.45) is 2.07. The Balaban J connectivity index is 1.93. The summed E-state index contributed by atoms with van der Waals surface area (Å²) in [7, 11) is 0. The van der Waals surface area contributed by atoms with Gasteiger partial charge in [0.25, 0.3) is 0 Å². The molecule has 20 heavy (non-hydrogen) atoms. The van der Waals surface area contributed by atoms with E-state index < -0.39 is 0 Å². The number of hydrogen-bond acceptors (Lipinski definition) is 2. The molecule has 0 bridgehead atoms. The smallest absolute Gasteiger partial charge is 0.123 e. The van der Waals surface area contributed by atoms with Crippen molar-refractivity contribution in [2.24, 2.45) is 0 Å². The third-order valence-electron chi connectivity index (χ3n) is 3.77. The zero-order valence-corrected chi connectivity index (χ0v) is 14.5. The van der Waals surface area contributed by atoms with Gasteiger partial charge in [0, 0.05) is 11.3 Å². The van der Waals surface area contributed by atoms with Crippen molar-refractivity contribution in [3.8, 4) is 5.75 Å². The molecule has 106 valence electrons. The number of alkyl halides is 1. The molecule has 1 aliphatic rings. The van der Waals surface area contributed by atoms with Crippen LogP contribution in [0.3, 0.4) is 0 Å². The second-order valence-corrected chi connectivity index (χ2v) is 7.80. The summed E-state index contributed by atoms with van der Waals surface area (Å²) in [6.45, 7) is 6.50. The second kappa shape index (κ2) is 5.19. The van der Waals surface area contributed by atoms with Crippen LogP contribution in [0, 0.1) is 0 Å². The van der Waals surface area contributed by atoms with Crippen LogP contribution in [-0.4, -0.2) is 5.60 Å². The number of thiophene rings is 1. The first kappa shape index (κ1) is 14.2. The van der Waals surface area contributed by atoms with Crippen molar-refractivity contribution in [3.05, 3.63) is 51.2 Å². The highest BCUT2D eigenvalue weighted by Crippen LogP contribution is 2.41. The van der Waals surface area contributed by atoms with Crippen LogP contribution in [0.15, 0.2) is 29.6 Å². The third-order valence-corrected chi connectivity index (χ3v) is 6.08. The Morgan fingerprint density at radius 1 is 1.35 bits per heavy atom. The molecule has 0 fully saturated rings. The summed E-state index contributed by atoms with van der Waals surface area (Å²) >= 11 is 5.70. The predicted octanol–water partition coefficient (Wildman–Crippen LogP) is 5.51. The lowest BCUT2D eigenvalue weighted by molar-refractivity contribution is 0.138. The summed E-state index contributed by atoms with van der Waals surface area (Å²) < 4.78 is 5.95. The highest BCUT2D eigenvalue weighted by molar-refractivity contribution is 9.09. The van der Waals surface area contributed by atoms with Crippen molar-refractivity contribution < 1.29 is 4.74 Å². The molecule has 0 radical (unpaired) electrons. The summed E-state index contributed by atoms with van der Waals surface area (Å²) in [6, 6.07) is 8.82. The number of rotatable bonds is 3. The molecular weight excluding hydrogens is 332 g/mol. The Hall–Kier alpha value is -0.800. The highest BCUT2D eigenvalue weighted by Gasteiger charge is 2.30.